The normalized spacial score (nSPS) is 12.4. The van der Waals surface area contributed by atoms with E-state index in [9.17, 15) is 4.79 Å². The maximum Gasteiger partial charge on any atom is 0.301 e. The summed E-state index contributed by atoms with van der Waals surface area (Å²) in [6.45, 7) is 2.21. The molecule has 0 aliphatic rings. The Bertz CT molecular complexity index is 341. The molecule has 1 unspecified atom stereocenters. The number of carbonyl (C=O) groups is 1. The standard InChI is InChI=1S/C10H16N2O3S/c1-7(2-4-13)16-6-8-3-5-15-9(8)10(14)12-11/h3,5,7,13H,2,4,6,11H2,1H3,(H,12,14). The third-order valence-electron chi connectivity index (χ3n) is 2.14. The molecule has 1 aromatic rings. The van der Waals surface area contributed by atoms with Gasteiger partial charge in [0.2, 0.25) is 0 Å². The molecule has 16 heavy (non-hydrogen) atoms. The predicted molar refractivity (Wildman–Crippen MR) is 62.8 cm³/mol. The fraction of sp³-hybridized carbons (Fsp3) is 0.500. The first-order chi connectivity index (χ1) is 7.69. The van der Waals surface area contributed by atoms with Crippen LogP contribution >= 0.6 is 11.8 Å². The van der Waals surface area contributed by atoms with Crippen LogP contribution in [0.2, 0.25) is 0 Å². The van der Waals surface area contributed by atoms with E-state index in [1.54, 1.807) is 17.8 Å². The van der Waals surface area contributed by atoms with Gasteiger partial charge in [0.15, 0.2) is 5.76 Å². The molecule has 1 amide bonds. The zero-order chi connectivity index (χ0) is 12.0. The van der Waals surface area contributed by atoms with Crippen LogP contribution in [0, 0.1) is 0 Å². The molecule has 0 fully saturated rings. The molecular formula is C10H16N2O3S. The minimum atomic E-state index is -0.421. The summed E-state index contributed by atoms with van der Waals surface area (Å²) >= 11 is 1.66. The largest absolute Gasteiger partial charge is 0.459 e. The molecule has 0 aromatic carbocycles. The Balaban J connectivity index is 2.54. The van der Waals surface area contributed by atoms with Crippen LogP contribution in [0.4, 0.5) is 0 Å². The monoisotopic (exact) mass is 244 g/mol. The summed E-state index contributed by atoms with van der Waals surface area (Å²) < 4.78 is 5.05. The number of hydrogen-bond donors (Lipinski definition) is 3. The van der Waals surface area contributed by atoms with Gasteiger partial charge in [0, 0.05) is 23.2 Å². The Morgan fingerprint density at radius 3 is 3.12 bits per heavy atom. The molecule has 0 saturated carbocycles. The SMILES string of the molecule is CC(CCO)SCc1ccoc1C(=O)NN. The van der Waals surface area contributed by atoms with Crippen LogP contribution in [0.25, 0.3) is 0 Å². The third-order valence-corrected chi connectivity index (χ3v) is 3.43. The Morgan fingerprint density at radius 1 is 1.75 bits per heavy atom. The fourth-order valence-corrected chi connectivity index (χ4v) is 2.17. The maximum atomic E-state index is 11.3. The lowest BCUT2D eigenvalue weighted by Gasteiger charge is -2.08. The van der Waals surface area contributed by atoms with Crippen molar-refractivity contribution in [1.29, 1.82) is 0 Å². The number of rotatable bonds is 6. The molecule has 5 nitrogen and oxygen atoms in total. The van der Waals surface area contributed by atoms with Crippen LogP contribution < -0.4 is 11.3 Å². The highest BCUT2D eigenvalue weighted by atomic mass is 32.2. The van der Waals surface area contributed by atoms with Crippen molar-refractivity contribution >= 4 is 17.7 Å². The molecule has 0 bridgehead atoms. The van der Waals surface area contributed by atoms with Gasteiger partial charge in [-0.15, -0.1) is 0 Å². The second kappa shape index (κ2) is 6.57. The van der Waals surface area contributed by atoms with Gasteiger partial charge in [-0.2, -0.15) is 11.8 Å². The van der Waals surface area contributed by atoms with Crippen molar-refractivity contribution in [1.82, 2.24) is 5.43 Å². The minimum absolute atomic E-state index is 0.176. The van der Waals surface area contributed by atoms with Crippen LogP contribution in [0.5, 0.6) is 0 Å². The average Bonchev–Trinajstić information content (AvgIpc) is 2.74. The highest BCUT2D eigenvalue weighted by Crippen LogP contribution is 2.22. The first-order valence-electron chi connectivity index (χ1n) is 4.98. The van der Waals surface area contributed by atoms with E-state index >= 15 is 0 Å². The number of nitrogens with two attached hydrogens (primary N) is 1. The molecule has 1 rings (SSSR count). The topological polar surface area (TPSA) is 88.5 Å². The van der Waals surface area contributed by atoms with Crippen molar-refractivity contribution in [2.45, 2.75) is 24.3 Å². The molecule has 0 aliphatic carbocycles. The lowest BCUT2D eigenvalue weighted by molar-refractivity contribution is 0.0925. The van der Waals surface area contributed by atoms with Crippen LogP contribution in [0.3, 0.4) is 0 Å². The number of aliphatic hydroxyl groups excluding tert-OH is 1. The molecular weight excluding hydrogens is 228 g/mol. The van der Waals surface area contributed by atoms with Gasteiger partial charge in [0.25, 0.3) is 0 Å². The number of amides is 1. The molecule has 4 N–H and O–H groups in total. The van der Waals surface area contributed by atoms with Crippen LogP contribution in [0.1, 0.15) is 29.5 Å². The first kappa shape index (κ1) is 13.1. The molecule has 6 heteroatoms. The predicted octanol–water partition coefficient (Wildman–Crippen LogP) is 0.887. The lowest BCUT2D eigenvalue weighted by Crippen LogP contribution is -2.30. The summed E-state index contributed by atoms with van der Waals surface area (Å²) in [5.74, 6) is 5.54. The molecule has 1 aromatic heterocycles. The van der Waals surface area contributed by atoms with E-state index in [0.29, 0.717) is 11.0 Å². The van der Waals surface area contributed by atoms with Gasteiger partial charge in [-0.05, 0) is 12.5 Å². The zero-order valence-electron chi connectivity index (χ0n) is 9.10. The van der Waals surface area contributed by atoms with E-state index < -0.39 is 5.91 Å². The summed E-state index contributed by atoms with van der Waals surface area (Å²) in [5.41, 5.74) is 2.86. The molecule has 1 atom stereocenters. The zero-order valence-corrected chi connectivity index (χ0v) is 9.92. The van der Waals surface area contributed by atoms with E-state index in [1.165, 1.54) is 6.26 Å². The molecule has 90 valence electrons. The van der Waals surface area contributed by atoms with Crippen molar-refractivity contribution in [3.63, 3.8) is 0 Å². The number of nitrogens with one attached hydrogen (secondary N) is 1. The number of carbonyl (C=O) groups excluding carboxylic acids is 1. The third kappa shape index (κ3) is 3.55. The van der Waals surface area contributed by atoms with Crippen LogP contribution in [0.15, 0.2) is 16.7 Å². The molecule has 0 aliphatic heterocycles. The molecule has 0 saturated heterocycles. The Morgan fingerprint density at radius 2 is 2.50 bits per heavy atom. The maximum absolute atomic E-state index is 11.3. The highest BCUT2D eigenvalue weighted by molar-refractivity contribution is 7.99. The van der Waals surface area contributed by atoms with Gasteiger partial charge in [0.05, 0.1) is 6.26 Å². The summed E-state index contributed by atoms with van der Waals surface area (Å²) in [6.07, 6.45) is 2.21. The van der Waals surface area contributed by atoms with Gasteiger partial charge < -0.3 is 9.52 Å². The van der Waals surface area contributed by atoms with E-state index in [1.807, 2.05) is 12.3 Å². The van der Waals surface area contributed by atoms with Gasteiger partial charge in [0.1, 0.15) is 0 Å². The fourth-order valence-electron chi connectivity index (χ4n) is 1.21. The van der Waals surface area contributed by atoms with Crippen LogP contribution in [-0.4, -0.2) is 22.9 Å². The van der Waals surface area contributed by atoms with Gasteiger partial charge in [-0.3, -0.25) is 10.2 Å². The number of aliphatic hydroxyl groups is 1. The number of furan rings is 1. The van der Waals surface area contributed by atoms with E-state index in [-0.39, 0.29) is 12.4 Å². The van der Waals surface area contributed by atoms with Gasteiger partial charge >= 0.3 is 5.91 Å². The lowest BCUT2D eigenvalue weighted by atomic mass is 10.3. The van der Waals surface area contributed by atoms with Crippen molar-refractivity contribution in [2.24, 2.45) is 5.84 Å². The van der Waals surface area contributed by atoms with Gasteiger partial charge in [-0.25, -0.2) is 5.84 Å². The average molecular weight is 244 g/mol. The van der Waals surface area contributed by atoms with E-state index in [0.717, 1.165) is 12.0 Å². The Kier molecular flexibility index (Phi) is 5.37. The van der Waals surface area contributed by atoms with Crippen molar-refractivity contribution in [3.8, 4) is 0 Å². The number of hydrogen-bond acceptors (Lipinski definition) is 5. The minimum Gasteiger partial charge on any atom is -0.459 e. The molecule has 1 heterocycles. The second-order valence-electron chi connectivity index (χ2n) is 3.38. The van der Waals surface area contributed by atoms with Crippen LogP contribution in [-0.2, 0) is 5.75 Å². The van der Waals surface area contributed by atoms with E-state index in [2.05, 4.69) is 0 Å². The Labute approximate surface area is 98.4 Å². The summed E-state index contributed by atoms with van der Waals surface area (Å²) in [6, 6.07) is 1.75. The van der Waals surface area contributed by atoms with E-state index in [4.69, 9.17) is 15.4 Å². The number of hydrazine groups is 1. The second-order valence-corrected chi connectivity index (χ2v) is 4.81. The summed E-state index contributed by atoms with van der Waals surface area (Å²) in [5, 5.41) is 9.10. The van der Waals surface area contributed by atoms with Gasteiger partial charge in [-0.1, -0.05) is 6.92 Å². The highest BCUT2D eigenvalue weighted by Gasteiger charge is 2.14. The molecule has 0 spiro atoms. The number of nitrogen functional groups attached to an aromatic ring is 1. The summed E-state index contributed by atoms with van der Waals surface area (Å²) in [4.78, 5) is 11.3. The van der Waals surface area contributed by atoms with Crippen molar-refractivity contribution < 1.29 is 14.3 Å². The van der Waals surface area contributed by atoms with Crippen molar-refractivity contribution in [2.75, 3.05) is 6.61 Å². The smallest absolute Gasteiger partial charge is 0.301 e. The first-order valence-corrected chi connectivity index (χ1v) is 6.03. The summed E-state index contributed by atoms with van der Waals surface area (Å²) in [7, 11) is 0. The molecule has 0 radical (unpaired) electrons. The number of thioether (sulfide) groups is 1. The quantitative estimate of drug-likeness (QED) is 0.393. The van der Waals surface area contributed by atoms with Crippen molar-refractivity contribution in [3.05, 3.63) is 23.7 Å². The Hall–Kier alpha value is -0.980.